The Morgan fingerprint density at radius 2 is 1.68 bits per heavy atom. The Morgan fingerprint density at radius 1 is 0.964 bits per heavy atom. The molecular weight excluding hydrogens is 408 g/mol. The molecule has 28 heavy (non-hydrogen) atoms. The summed E-state index contributed by atoms with van der Waals surface area (Å²) in [5.74, 6) is 0. The van der Waals surface area contributed by atoms with Crippen molar-refractivity contribution in [2.75, 3.05) is 11.9 Å². The van der Waals surface area contributed by atoms with Crippen molar-refractivity contribution in [2.24, 2.45) is 0 Å². The zero-order valence-corrected chi connectivity index (χ0v) is 14.8. The monoisotopic (exact) mass is 419 g/mol. The van der Waals surface area contributed by atoms with Crippen LogP contribution in [0.5, 0.6) is 0 Å². The zero-order chi connectivity index (χ0) is 20.5. The number of nitrogens with zero attached hydrogens (tertiary/aromatic N) is 2. The Balaban J connectivity index is 1.81. The fourth-order valence-electron chi connectivity index (χ4n) is 2.59. The SMILES string of the molecule is FC(F)(F)c1cnc(CCNc2cc(C(F)(F)F)nc3ccccc23)c(Cl)c1. The van der Waals surface area contributed by atoms with Crippen molar-refractivity contribution in [3.8, 4) is 0 Å². The maximum Gasteiger partial charge on any atom is 0.433 e. The Kier molecular flexibility index (Phi) is 5.38. The second-order valence-corrected chi connectivity index (χ2v) is 6.30. The zero-order valence-electron chi connectivity index (χ0n) is 14.0. The van der Waals surface area contributed by atoms with Crippen LogP contribution in [0.25, 0.3) is 10.9 Å². The number of halogens is 7. The molecule has 0 radical (unpaired) electrons. The van der Waals surface area contributed by atoms with Gasteiger partial charge in [-0.25, -0.2) is 4.98 Å². The number of hydrogen-bond acceptors (Lipinski definition) is 3. The van der Waals surface area contributed by atoms with Gasteiger partial charge in [-0.15, -0.1) is 0 Å². The van der Waals surface area contributed by atoms with Gasteiger partial charge < -0.3 is 5.32 Å². The highest BCUT2D eigenvalue weighted by atomic mass is 35.5. The van der Waals surface area contributed by atoms with Crippen LogP contribution < -0.4 is 5.32 Å². The summed E-state index contributed by atoms with van der Waals surface area (Å²) < 4.78 is 77.1. The number of rotatable bonds is 4. The molecule has 0 atom stereocenters. The van der Waals surface area contributed by atoms with Crippen molar-refractivity contribution in [3.05, 3.63) is 64.6 Å². The van der Waals surface area contributed by atoms with Gasteiger partial charge in [-0.05, 0) is 18.2 Å². The van der Waals surface area contributed by atoms with Crippen molar-refractivity contribution < 1.29 is 26.3 Å². The first-order chi connectivity index (χ1) is 13.1. The fourth-order valence-corrected chi connectivity index (χ4v) is 2.85. The summed E-state index contributed by atoms with van der Waals surface area (Å²) in [4.78, 5) is 7.33. The lowest BCUT2D eigenvalue weighted by molar-refractivity contribution is -0.141. The second kappa shape index (κ2) is 7.46. The molecule has 0 aliphatic rings. The minimum Gasteiger partial charge on any atom is -0.384 e. The standard InChI is InChI=1S/C18H12ClF6N3/c19-12-7-10(17(20,21)22)9-27-14(12)5-6-26-15-8-16(18(23,24)25)28-13-4-2-1-3-11(13)15/h1-4,7-9H,5-6H2,(H,26,28). The second-order valence-electron chi connectivity index (χ2n) is 5.90. The fraction of sp³-hybridized carbons (Fsp3) is 0.222. The lowest BCUT2D eigenvalue weighted by Gasteiger charge is -2.14. The van der Waals surface area contributed by atoms with Crippen LogP contribution in [0.3, 0.4) is 0 Å². The van der Waals surface area contributed by atoms with Crippen molar-refractivity contribution in [1.29, 1.82) is 0 Å². The smallest absolute Gasteiger partial charge is 0.384 e. The molecule has 1 aromatic carbocycles. The lowest BCUT2D eigenvalue weighted by atomic mass is 10.1. The molecule has 3 nitrogen and oxygen atoms in total. The number of benzene rings is 1. The van der Waals surface area contributed by atoms with Gasteiger partial charge in [-0.2, -0.15) is 26.3 Å². The quantitative estimate of drug-likeness (QED) is 0.529. The summed E-state index contributed by atoms with van der Waals surface area (Å²) in [6.07, 6.45) is -8.38. The number of pyridine rings is 2. The van der Waals surface area contributed by atoms with Gasteiger partial charge in [0.2, 0.25) is 0 Å². The minimum atomic E-state index is -4.61. The molecule has 0 spiro atoms. The maximum atomic E-state index is 13.1. The third-order valence-corrected chi connectivity index (χ3v) is 4.26. The topological polar surface area (TPSA) is 37.8 Å². The Morgan fingerprint density at radius 3 is 2.32 bits per heavy atom. The van der Waals surface area contributed by atoms with E-state index < -0.39 is 23.6 Å². The Hall–Kier alpha value is -2.55. The molecule has 3 rings (SSSR count). The van der Waals surface area contributed by atoms with E-state index in [1.54, 1.807) is 18.2 Å². The molecule has 0 saturated heterocycles. The molecular formula is C18H12ClF6N3. The van der Waals surface area contributed by atoms with Crippen molar-refractivity contribution in [3.63, 3.8) is 0 Å². The van der Waals surface area contributed by atoms with Gasteiger partial charge in [-0.3, -0.25) is 4.98 Å². The van der Waals surface area contributed by atoms with Crippen molar-refractivity contribution in [2.45, 2.75) is 18.8 Å². The molecule has 2 heterocycles. The molecule has 0 amide bonds. The highest BCUT2D eigenvalue weighted by molar-refractivity contribution is 6.31. The summed E-state index contributed by atoms with van der Waals surface area (Å²) in [5.41, 5.74) is -1.42. The van der Waals surface area contributed by atoms with Gasteiger partial charge in [0.15, 0.2) is 0 Å². The van der Waals surface area contributed by atoms with Crippen LogP contribution in [0.4, 0.5) is 32.0 Å². The molecule has 0 fully saturated rings. The average Bonchev–Trinajstić information content (AvgIpc) is 2.61. The van der Waals surface area contributed by atoms with Crippen LogP contribution in [-0.4, -0.2) is 16.5 Å². The summed E-state index contributed by atoms with van der Waals surface area (Å²) in [6, 6.07) is 7.98. The van der Waals surface area contributed by atoms with E-state index in [0.717, 1.165) is 12.1 Å². The summed E-state index contributed by atoms with van der Waals surface area (Å²) >= 11 is 5.85. The molecule has 0 bridgehead atoms. The largest absolute Gasteiger partial charge is 0.433 e. The predicted molar refractivity (Wildman–Crippen MR) is 93.2 cm³/mol. The Bertz CT molecular complexity index is 1000. The molecule has 10 heteroatoms. The number of fused-ring (bicyclic) bond motifs is 1. The van der Waals surface area contributed by atoms with Crippen LogP contribution in [0.2, 0.25) is 5.02 Å². The normalized spacial score (nSPS) is 12.4. The van der Waals surface area contributed by atoms with Crippen LogP contribution in [-0.2, 0) is 18.8 Å². The van der Waals surface area contributed by atoms with Gasteiger partial charge in [0.1, 0.15) is 5.69 Å². The molecule has 0 saturated carbocycles. The van der Waals surface area contributed by atoms with E-state index in [1.165, 1.54) is 6.07 Å². The van der Waals surface area contributed by atoms with Crippen molar-refractivity contribution in [1.82, 2.24) is 9.97 Å². The number of para-hydroxylation sites is 1. The van der Waals surface area contributed by atoms with Crippen LogP contribution in [0.1, 0.15) is 17.0 Å². The minimum absolute atomic E-state index is 0.114. The molecule has 0 aliphatic carbocycles. The first-order valence-electron chi connectivity index (χ1n) is 7.98. The third-order valence-electron chi connectivity index (χ3n) is 3.93. The van der Waals surface area contributed by atoms with E-state index >= 15 is 0 Å². The molecule has 0 unspecified atom stereocenters. The molecule has 1 N–H and O–H groups in total. The van der Waals surface area contributed by atoms with Gasteiger partial charge in [0, 0.05) is 30.2 Å². The number of aromatic nitrogens is 2. The van der Waals surface area contributed by atoms with E-state index in [2.05, 4.69) is 15.3 Å². The average molecular weight is 420 g/mol. The third kappa shape index (κ3) is 4.46. The maximum absolute atomic E-state index is 13.1. The summed E-state index contributed by atoms with van der Waals surface area (Å²) in [5, 5.41) is 3.19. The van der Waals surface area contributed by atoms with E-state index in [4.69, 9.17) is 11.6 Å². The first-order valence-corrected chi connectivity index (χ1v) is 8.36. The highest BCUT2D eigenvalue weighted by Crippen LogP contribution is 2.33. The van der Waals surface area contributed by atoms with Gasteiger partial charge >= 0.3 is 12.4 Å². The number of anilines is 1. The predicted octanol–water partition coefficient (Wildman–Crippen LogP) is 5.98. The van der Waals surface area contributed by atoms with Crippen LogP contribution >= 0.6 is 11.6 Å². The molecule has 148 valence electrons. The van der Waals surface area contributed by atoms with E-state index in [9.17, 15) is 26.3 Å². The Labute approximate surface area is 160 Å². The van der Waals surface area contributed by atoms with Gasteiger partial charge in [0.25, 0.3) is 0 Å². The molecule has 0 aliphatic heterocycles. The highest BCUT2D eigenvalue weighted by Gasteiger charge is 2.33. The molecule has 2 aromatic heterocycles. The van der Waals surface area contributed by atoms with Crippen LogP contribution in [0.15, 0.2) is 42.6 Å². The van der Waals surface area contributed by atoms with E-state index in [0.29, 0.717) is 11.6 Å². The summed E-state index contributed by atoms with van der Waals surface area (Å²) in [7, 11) is 0. The summed E-state index contributed by atoms with van der Waals surface area (Å²) in [6.45, 7) is 0.114. The number of alkyl halides is 6. The van der Waals surface area contributed by atoms with Gasteiger partial charge in [0.05, 0.1) is 21.8 Å². The lowest BCUT2D eigenvalue weighted by Crippen LogP contribution is -2.12. The van der Waals surface area contributed by atoms with E-state index in [-0.39, 0.29) is 34.9 Å². The number of hydrogen-bond donors (Lipinski definition) is 1. The van der Waals surface area contributed by atoms with Gasteiger partial charge in [-0.1, -0.05) is 29.8 Å². The first kappa shape index (κ1) is 20.2. The number of nitrogens with one attached hydrogen (secondary N) is 1. The van der Waals surface area contributed by atoms with E-state index in [1.807, 2.05) is 0 Å². The van der Waals surface area contributed by atoms with Crippen LogP contribution in [0, 0.1) is 0 Å². The molecule has 3 aromatic rings. The van der Waals surface area contributed by atoms with Crippen molar-refractivity contribution >= 4 is 28.2 Å².